The van der Waals surface area contributed by atoms with Crippen LogP contribution < -0.4 is 5.73 Å². The van der Waals surface area contributed by atoms with Gasteiger partial charge in [0, 0.05) is 29.9 Å². The number of amides is 1. The summed E-state index contributed by atoms with van der Waals surface area (Å²) >= 11 is 1.46. The van der Waals surface area contributed by atoms with Crippen molar-refractivity contribution in [2.24, 2.45) is 5.73 Å². The van der Waals surface area contributed by atoms with Crippen LogP contribution in [0.25, 0.3) is 0 Å². The predicted octanol–water partition coefficient (Wildman–Crippen LogP) is 1.57. The highest BCUT2D eigenvalue weighted by atomic mass is 35.5. The molecule has 2 heterocycles. The molecule has 94 valence electrons. The van der Waals surface area contributed by atoms with Gasteiger partial charge in [-0.15, -0.1) is 23.7 Å². The smallest absolute Gasteiger partial charge is 0.277 e. The molecule has 2 N–H and O–H groups in total. The number of hydrogen-bond donors (Lipinski definition) is 1. The molecule has 17 heavy (non-hydrogen) atoms. The van der Waals surface area contributed by atoms with Crippen molar-refractivity contribution in [3.05, 3.63) is 15.6 Å². The van der Waals surface area contributed by atoms with Gasteiger partial charge in [-0.1, -0.05) is 0 Å². The van der Waals surface area contributed by atoms with Crippen LogP contribution in [0.2, 0.25) is 0 Å². The summed E-state index contributed by atoms with van der Waals surface area (Å²) in [6.45, 7) is 4.32. The fraction of sp³-hybridized carbons (Fsp3) is 0.636. The molecule has 4 nitrogen and oxygen atoms in total. The van der Waals surface area contributed by atoms with Crippen molar-refractivity contribution in [2.75, 3.05) is 6.54 Å². The highest BCUT2D eigenvalue weighted by Crippen LogP contribution is 2.43. The second-order valence-electron chi connectivity index (χ2n) is 4.92. The van der Waals surface area contributed by atoms with E-state index < -0.39 is 5.91 Å². The SMILES string of the molecule is CC1(N2CCc3nc(C(N)=O)sc3C2)CC1.Cl. The largest absolute Gasteiger partial charge is 0.364 e. The van der Waals surface area contributed by atoms with Crippen LogP contribution in [0.3, 0.4) is 0 Å². The number of thiazole rings is 1. The van der Waals surface area contributed by atoms with E-state index in [1.165, 1.54) is 29.1 Å². The second kappa shape index (κ2) is 4.23. The van der Waals surface area contributed by atoms with Crippen LogP contribution in [0.1, 0.15) is 40.1 Å². The Morgan fingerprint density at radius 1 is 1.53 bits per heavy atom. The van der Waals surface area contributed by atoms with Gasteiger partial charge in [-0.3, -0.25) is 9.69 Å². The first-order valence-corrected chi connectivity index (χ1v) is 6.44. The number of nitrogens with zero attached hydrogens (tertiary/aromatic N) is 2. The number of nitrogens with two attached hydrogens (primary N) is 1. The summed E-state index contributed by atoms with van der Waals surface area (Å²) in [6.07, 6.45) is 3.54. The highest BCUT2D eigenvalue weighted by molar-refractivity contribution is 7.13. The van der Waals surface area contributed by atoms with Crippen molar-refractivity contribution in [1.29, 1.82) is 0 Å². The fourth-order valence-electron chi connectivity index (χ4n) is 2.26. The molecule has 0 saturated heterocycles. The lowest BCUT2D eigenvalue weighted by Crippen LogP contribution is -2.38. The zero-order valence-corrected chi connectivity index (χ0v) is 11.4. The lowest BCUT2D eigenvalue weighted by Gasteiger charge is -2.31. The normalized spacial score (nSPS) is 21.5. The van der Waals surface area contributed by atoms with Crippen LogP contribution >= 0.6 is 23.7 Å². The van der Waals surface area contributed by atoms with Crippen LogP contribution in [0, 0.1) is 0 Å². The Labute approximate surface area is 111 Å². The molecule has 1 amide bonds. The van der Waals surface area contributed by atoms with Gasteiger partial charge in [-0.25, -0.2) is 4.98 Å². The monoisotopic (exact) mass is 273 g/mol. The molecule has 1 aromatic heterocycles. The van der Waals surface area contributed by atoms with Gasteiger partial charge >= 0.3 is 0 Å². The first kappa shape index (κ1) is 12.8. The van der Waals surface area contributed by atoms with Crippen LogP contribution in [-0.2, 0) is 13.0 Å². The van der Waals surface area contributed by atoms with Crippen LogP contribution in [-0.4, -0.2) is 27.9 Å². The molecule has 6 heteroatoms. The van der Waals surface area contributed by atoms with Crippen molar-refractivity contribution in [1.82, 2.24) is 9.88 Å². The molecule has 1 aliphatic carbocycles. The number of rotatable bonds is 2. The van der Waals surface area contributed by atoms with E-state index in [9.17, 15) is 4.79 Å². The van der Waals surface area contributed by atoms with E-state index >= 15 is 0 Å². The molecule has 0 radical (unpaired) electrons. The van der Waals surface area contributed by atoms with E-state index in [0.29, 0.717) is 10.5 Å². The molecule has 3 rings (SSSR count). The average molecular weight is 274 g/mol. The zero-order chi connectivity index (χ0) is 11.3. The van der Waals surface area contributed by atoms with Gasteiger partial charge in [0.15, 0.2) is 5.01 Å². The Hall–Kier alpha value is -0.650. The van der Waals surface area contributed by atoms with Crippen LogP contribution in [0.15, 0.2) is 0 Å². The molecule has 0 aromatic carbocycles. The van der Waals surface area contributed by atoms with Crippen molar-refractivity contribution in [3.63, 3.8) is 0 Å². The molecule has 0 spiro atoms. The molecular formula is C11H16ClN3OS. The van der Waals surface area contributed by atoms with Crippen molar-refractivity contribution in [3.8, 4) is 0 Å². The quantitative estimate of drug-likeness (QED) is 0.890. The minimum Gasteiger partial charge on any atom is -0.364 e. The van der Waals surface area contributed by atoms with E-state index in [-0.39, 0.29) is 12.4 Å². The Bertz CT molecular complexity index is 456. The third-order valence-electron chi connectivity index (χ3n) is 3.68. The number of aromatic nitrogens is 1. The van der Waals surface area contributed by atoms with E-state index in [1.807, 2.05) is 0 Å². The van der Waals surface area contributed by atoms with Crippen molar-refractivity contribution < 1.29 is 4.79 Å². The molecule has 1 saturated carbocycles. The minimum atomic E-state index is -0.399. The summed E-state index contributed by atoms with van der Waals surface area (Å²) in [4.78, 5) is 19.1. The number of hydrogen-bond acceptors (Lipinski definition) is 4. The summed E-state index contributed by atoms with van der Waals surface area (Å²) in [7, 11) is 0. The Balaban J connectivity index is 0.00000108. The molecule has 0 atom stereocenters. The van der Waals surface area contributed by atoms with E-state index in [1.54, 1.807) is 0 Å². The van der Waals surface area contributed by atoms with E-state index in [4.69, 9.17) is 5.73 Å². The number of primary amides is 1. The molecule has 2 aliphatic rings. The predicted molar refractivity (Wildman–Crippen MR) is 69.6 cm³/mol. The van der Waals surface area contributed by atoms with Gasteiger partial charge in [-0.2, -0.15) is 0 Å². The summed E-state index contributed by atoms with van der Waals surface area (Å²) in [5.74, 6) is -0.399. The summed E-state index contributed by atoms with van der Waals surface area (Å²) in [5, 5.41) is 0.466. The maximum atomic E-state index is 11.1. The maximum absolute atomic E-state index is 11.1. The Morgan fingerprint density at radius 3 is 2.82 bits per heavy atom. The second-order valence-corrected chi connectivity index (χ2v) is 6.01. The molecule has 0 unspecified atom stereocenters. The van der Waals surface area contributed by atoms with Gasteiger partial charge in [0.05, 0.1) is 5.69 Å². The average Bonchev–Trinajstić information content (AvgIpc) is 2.86. The first-order chi connectivity index (χ1) is 7.58. The lowest BCUT2D eigenvalue weighted by atomic mass is 10.1. The Kier molecular flexibility index (Phi) is 3.18. The number of carbonyl (C=O) groups is 1. The Morgan fingerprint density at radius 2 is 2.24 bits per heavy atom. The van der Waals surface area contributed by atoms with Gasteiger partial charge in [0.25, 0.3) is 5.91 Å². The summed E-state index contributed by atoms with van der Waals surface area (Å²) in [6, 6.07) is 0. The highest BCUT2D eigenvalue weighted by Gasteiger charge is 2.44. The third kappa shape index (κ3) is 2.19. The maximum Gasteiger partial charge on any atom is 0.277 e. The van der Waals surface area contributed by atoms with Crippen LogP contribution in [0.4, 0.5) is 0 Å². The van der Waals surface area contributed by atoms with Gasteiger partial charge in [0.2, 0.25) is 0 Å². The standard InChI is InChI=1S/C11H15N3OS.ClH/c1-11(3-4-11)14-5-2-7-8(6-14)16-10(13-7)9(12)15;/h2-6H2,1H3,(H2,12,15);1H. The molecule has 1 aliphatic heterocycles. The van der Waals surface area contributed by atoms with E-state index in [0.717, 1.165) is 25.2 Å². The lowest BCUT2D eigenvalue weighted by molar-refractivity contribution is 0.0999. The van der Waals surface area contributed by atoms with Crippen molar-refractivity contribution in [2.45, 2.75) is 38.3 Å². The third-order valence-corrected chi connectivity index (χ3v) is 4.78. The van der Waals surface area contributed by atoms with E-state index in [2.05, 4.69) is 16.8 Å². The van der Waals surface area contributed by atoms with Gasteiger partial charge in [-0.05, 0) is 19.8 Å². The molecule has 1 aromatic rings. The number of halogens is 1. The van der Waals surface area contributed by atoms with Gasteiger partial charge < -0.3 is 5.73 Å². The topological polar surface area (TPSA) is 59.2 Å². The summed E-state index contributed by atoms with van der Waals surface area (Å²) in [5.41, 5.74) is 6.75. The zero-order valence-electron chi connectivity index (χ0n) is 9.73. The first-order valence-electron chi connectivity index (χ1n) is 5.62. The number of fused-ring (bicyclic) bond motifs is 1. The minimum absolute atomic E-state index is 0. The fourth-order valence-corrected chi connectivity index (χ4v) is 3.23. The summed E-state index contributed by atoms with van der Waals surface area (Å²) < 4.78 is 0. The van der Waals surface area contributed by atoms with Crippen molar-refractivity contribution >= 4 is 29.7 Å². The molecular weight excluding hydrogens is 258 g/mol. The molecule has 1 fully saturated rings. The van der Waals surface area contributed by atoms with Gasteiger partial charge in [0.1, 0.15) is 0 Å². The molecule has 0 bridgehead atoms. The van der Waals surface area contributed by atoms with Crippen LogP contribution in [0.5, 0.6) is 0 Å². The number of carbonyl (C=O) groups excluding carboxylic acids is 1.